The maximum atomic E-state index is 12.0. The fourth-order valence-electron chi connectivity index (χ4n) is 3.28. The highest BCUT2D eigenvalue weighted by molar-refractivity contribution is 14.0. The van der Waals surface area contributed by atoms with Gasteiger partial charge in [0.1, 0.15) is 0 Å². The Labute approximate surface area is 185 Å². The molecule has 28 heavy (non-hydrogen) atoms. The third kappa shape index (κ3) is 6.92. The van der Waals surface area contributed by atoms with Crippen LogP contribution in [0.15, 0.2) is 29.3 Å². The number of carbonyl (C=O) groups is 1. The fourth-order valence-corrected chi connectivity index (χ4v) is 3.28. The molecular weight excluding hydrogens is 467 g/mol. The number of hydrogen-bond acceptors (Lipinski definition) is 3. The number of hydrogen-bond donors (Lipinski definition) is 1. The number of carbonyl (C=O) groups excluding carboxylic acids is 1. The van der Waals surface area contributed by atoms with Crippen molar-refractivity contribution in [2.24, 2.45) is 10.9 Å². The van der Waals surface area contributed by atoms with Crippen molar-refractivity contribution >= 4 is 41.5 Å². The van der Waals surface area contributed by atoms with E-state index >= 15 is 0 Å². The molecule has 156 valence electrons. The van der Waals surface area contributed by atoms with Gasteiger partial charge in [-0.05, 0) is 49.3 Å². The lowest BCUT2D eigenvalue weighted by Gasteiger charge is -2.27. The number of amides is 1. The van der Waals surface area contributed by atoms with Crippen LogP contribution in [0.25, 0.3) is 0 Å². The zero-order valence-electron chi connectivity index (χ0n) is 17.0. The number of aliphatic imine (C=N–C) groups is 1. The minimum Gasteiger partial charge on any atom is -0.379 e. The van der Waals surface area contributed by atoms with Crippen molar-refractivity contribution in [3.8, 4) is 0 Å². The Bertz CT molecular complexity index is 646. The SMILES string of the molecule is CN=C(NCc1ccc(N2CCCCC2=O)cc1)N(C)CCOCC1CC1.I. The first-order chi connectivity index (χ1) is 13.2. The highest BCUT2D eigenvalue weighted by Gasteiger charge is 2.21. The van der Waals surface area contributed by atoms with Gasteiger partial charge in [-0.15, -0.1) is 24.0 Å². The van der Waals surface area contributed by atoms with Crippen molar-refractivity contribution in [3.05, 3.63) is 29.8 Å². The van der Waals surface area contributed by atoms with E-state index in [4.69, 9.17) is 4.74 Å². The summed E-state index contributed by atoms with van der Waals surface area (Å²) in [5.74, 6) is 1.90. The van der Waals surface area contributed by atoms with Crippen molar-refractivity contribution in [1.82, 2.24) is 10.2 Å². The summed E-state index contributed by atoms with van der Waals surface area (Å²) in [6, 6.07) is 8.24. The van der Waals surface area contributed by atoms with E-state index in [0.29, 0.717) is 13.0 Å². The van der Waals surface area contributed by atoms with E-state index in [0.717, 1.165) is 56.7 Å². The van der Waals surface area contributed by atoms with E-state index < -0.39 is 0 Å². The van der Waals surface area contributed by atoms with E-state index in [1.54, 1.807) is 7.05 Å². The van der Waals surface area contributed by atoms with Crippen LogP contribution in [0.3, 0.4) is 0 Å². The maximum Gasteiger partial charge on any atom is 0.226 e. The van der Waals surface area contributed by atoms with E-state index in [1.165, 1.54) is 18.4 Å². The van der Waals surface area contributed by atoms with Crippen LogP contribution in [-0.2, 0) is 16.1 Å². The Morgan fingerprint density at radius 2 is 2.04 bits per heavy atom. The first kappa shape index (κ1) is 22.9. The molecule has 0 spiro atoms. The number of halogens is 1. The zero-order chi connectivity index (χ0) is 19.1. The van der Waals surface area contributed by atoms with Crippen molar-refractivity contribution in [2.75, 3.05) is 45.3 Å². The van der Waals surface area contributed by atoms with Crippen molar-refractivity contribution in [1.29, 1.82) is 0 Å². The van der Waals surface area contributed by atoms with Gasteiger partial charge < -0.3 is 19.9 Å². The molecule has 1 aromatic rings. The second kappa shape index (κ2) is 11.6. The first-order valence-corrected chi connectivity index (χ1v) is 10.1. The summed E-state index contributed by atoms with van der Waals surface area (Å²) < 4.78 is 5.71. The number of anilines is 1. The lowest BCUT2D eigenvalue weighted by Crippen LogP contribution is -2.40. The van der Waals surface area contributed by atoms with Crippen LogP contribution in [0, 0.1) is 5.92 Å². The van der Waals surface area contributed by atoms with Crippen molar-refractivity contribution in [3.63, 3.8) is 0 Å². The van der Waals surface area contributed by atoms with Gasteiger partial charge in [-0.2, -0.15) is 0 Å². The standard InChI is InChI=1S/C21H32N4O2.HI/c1-22-21(24(2)13-14-27-16-18-6-7-18)23-15-17-8-10-19(11-9-17)25-12-4-3-5-20(25)26;/h8-11,18H,3-7,12-16H2,1-2H3,(H,22,23);1H. The molecule has 0 unspecified atom stereocenters. The monoisotopic (exact) mass is 500 g/mol. The second-order valence-corrected chi connectivity index (χ2v) is 7.51. The largest absolute Gasteiger partial charge is 0.379 e. The van der Waals surface area contributed by atoms with Crippen molar-refractivity contribution in [2.45, 2.75) is 38.6 Å². The van der Waals surface area contributed by atoms with Gasteiger partial charge in [0, 0.05) is 52.4 Å². The lowest BCUT2D eigenvalue weighted by atomic mass is 10.1. The van der Waals surface area contributed by atoms with Gasteiger partial charge in [-0.1, -0.05) is 12.1 Å². The van der Waals surface area contributed by atoms with Crippen LogP contribution in [0.2, 0.25) is 0 Å². The smallest absolute Gasteiger partial charge is 0.226 e. The van der Waals surface area contributed by atoms with E-state index in [9.17, 15) is 4.79 Å². The number of piperidine rings is 1. The molecule has 1 saturated heterocycles. The molecule has 2 fully saturated rings. The minimum atomic E-state index is 0. The van der Waals surface area contributed by atoms with E-state index in [-0.39, 0.29) is 29.9 Å². The predicted molar refractivity (Wildman–Crippen MR) is 124 cm³/mol. The van der Waals surface area contributed by atoms with Crippen LogP contribution in [0.4, 0.5) is 5.69 Å². The number of guanidine groups is 1. The molecular formula is C21H33IN4O2. The Balaban J connectivity index is 0.00000280. The molecule has 3 rings (SSSR count). The summed E-state index contributed by atoms with van der Waals surface area (Å²) in [6.07, 6.45) is 5.40. The highest BCUT2D eigenvalue weighted by Crippen LogP contribution is 2.28. The Kier molecular flexibility index (Phi) is 9.50. The quantitative estimate of drug-likeness (QED) is 0.258. The molecule has 0 atom stereocenters. The number of rotatable bonds is 8. The van der Waals surface area contributed by atoms with E-state index in [1.807, 2.05) is 24.1 Å². The third-order valence-electron chi connectivity index (χ3n) is 5.22. The summed E-state index contributed by atoms with van der Waals surface area (Å²) in [5.41, 5.74) is 2.17. The molecule has 0 aromatic heterocycles. The molecule has 0 radical (unpaired) electrons. The molecule has 6 nitrogen and oxygen atoms in total. The van der Waals surface area contributed by atoms with Crippen molar-refractivity contribution < 1.29 is 9.53 Å². The summed E-state index contributed by atoms with van der Waals surface area (Å²) in [4.78, 5) is 20.4. The van der Waals surface area contributed by atoms with Gasteiger partial charge in [0.25, 0.3) is 0 Å². The summed E-state index contributed by atoms with van der Waals surface area (Å²) in [6.45, 7) is 3.98. The van der Waals surface area contributed by atoms with Crippen LogP contribution in [0.5, 0.6) is 0 Å². The summed E-state index contributed by atoms with van der Waals surface area (Å²) in [5, 5.41) is 3.40. The second-order valence-electron chi connectivity index (χ2n) is 7.51. The fraction of sp³-hybridized carbons (Fsp3) is 0.619. The average molecular weight is 500 g/mol. The van der Waals surface area contributed by atoms with Gasteiger partial charge >= 0.3 is 0 Å². The van der Waals surface area contributed by atoms with Crippen LogP contribution >= 0.6 is 24.0 Å². The van der Waals surface area contributed by atoms with Gasteiger partial charge in [-0.25, -0.2) is 0 Å². The Morgan fingerprint density at radius 3 is 2.68 bits per heavy atom. The summed E-state index contributed by atoms with van der Waals surface area (Å²) >= 11 is 0. The highest BCUT2D eigenvalue weighted by atomic mass is 127. The summed E-state index contributed by atoms with van der Waals surface area (Å²) in [7, 11) is 3.83. The molecule has 2 aliphatic rings. The molecule has 7 heteroatoms. The molecule has 1 aromatic carbocycles. The maximum absolute atomic E-state index is 12.0. The number of ether oxygens (including phenoxy) is 1. The first-order valence-electron chi connectivity index (χ1n) is 10.1. The average Bonchev–Trinajstić information content (AvgIpc) is 3.51. The van der Waals surface area contributed by atoms with Gasteiger partial charge in [0.05, 0.1) is 6.61 Å². The molecule has 1 amide bonds. The topological polar surface area (TPSA) is 57.2 Å². The molecule has 1 saturated carbocycles. The molecule has 0 bridgehead atoms. The number of nitrogens with one attached hydrogen (secondary N) is 1. The molecule has 1 heterocycles. The number of likely N-dealkylation sites (N-methyl/N-ethyl adjacent to an activating group) is 1. The predicted octanol–water partition coefficient (Wildman–Crippen LogP) is 3.26. The zero-order valence-corrected chi connectivity index (χ0v) is 19.4. The van der Waals surface area contributed by atoms with Crippen LogP contribution < -0.4 is 10.2 Å². The Morgan fingerprint density at radius 1 is 1.29 bits per heavy atom. The third-order valence-corrected chi connectivity index (χ3v) is 5.22. The number of nitrogens with zero attached hydrogens (tertiary/aromatic N) is 3. The Hall–Kier alpha value is -1.35. The number of benzene rings is 1. The van der Waals surface area contributed by atoms with Crippen LogP contribution in [-0.4, -0.2) is 57.2 Å². The van der Waals surface area contributed by atoms with E-state index in [2.05, 4.69) is 27.3 Å². The van der Waals surface area contributed by atoms with Gasteiger partial charge in [-0.3, -0.25) is 9.79 Å². The van der Waals surface area contributed by atoms with Gasteiger partial charge in [0.2, 0.25) is 5.91 Å². The molecule has 1 aliphatic carbocycles. The van der Waals surface area contributed by atoms with Crippen LogP contribution in [0.1, 0.15) is 37.7 Å². The molecule has 1 N–H and O–H groups in total. The van der Waals surface area contributed by atoms with Gasteiger partial charge in [0.15, 0.2) is 5.96 Å². The minimum absolute atomic E-state index is 0. The molecule has 1 aliphatic heterocycles. The normalized spacial score (nSPS) is 17.3. The lowest BCUT2D eigenvalue weighted by molar-refractivity contribution is -0.119.